The fourth-order valence-electron chi connectivity index (χ4n) is 5.82. The van der Waals surface area contributed by atoms with E-state index >= 15 is 0 Å². The summed E-state index contributed by atoms with van der Waals surface area (Å²) in [6.45, 7) is 10.6. The molecule has 2 aliphatic rings. The Balaban J connectivity index is 1.09. The second-order valence-corrected chi connectivity index (χ2v) is 11.3. The molecule has 0 bridgehead atoms. The number of ether oxygens (including phenoxy) is 1. The van der Waals surface area contributed by atoms with Gasteiger partial charge in [0.1, 0.15) is 12.3 Å². The Labute approximate surface area is 237 Å². The van der Waals surface area contributed by atoms with Crippen LogP contribution < -0.4 is 9.64 Å². The minimum atomic E-state index is 0.156. The van der Waals surface area contributed by atoms with Crippen molar-refractivity contribution in [3.8, 4) is 5.75 Å². The average Bonchev–Trinajstić information content (AvgIpc) is 3.25. The van der Waals surface area contributed by atoms with Crippen LogP contribution in [0.3, 0.4) is 0 Å². The van der Waals surface area contributed by atoms with Crippen molar-refractivity contribution in [1.29, 1.82) is 0 Å². The van der Waals surface area contributed by atoms with Gasteiger partial charge in [0, 0.05) is 68.1 Å². The van der Waals surface area contributed by atoms with Crippen molar-refractivity contribution in [1.82, 2.24) is 19.6 Å². The number of rotatable bonds is 9. The number of piperazine rings is 1. The standard InChI is InChI=1S/C31H40ClN5O2/c1-24-19-25(2)37(33-24)23-31(38)36-13-4-3-9-28(36)12-18-39-30-11-5-7-26(20-30)22-34-14-16-35(17-15-34)29-10-6-8-27(32)21-29/h5-8,10-11,19-21,28H,3-4,9,12-18,22-23H2,1-2H3. The molecule has 3 aromatic rings. The van der Waals surface area contributed by atoms with Gasteiger partial charge in [0.25, 0.3) is 0 Å². The van der Waals surface area contributed by atoms with Gasteiger partial charge in [0.05, 0.1) is 12.3 Å². The number of carbonyl (C=O) groups is 1. The number of amides is 1. The molecule has 39 heavy (non-hydrogen) atoms. The van der Waals surface area contributed by atoms with Gasteiger partial charge in [0.15, 0.2) is 0 Å². The SMILES string of the molecule is Cc1cc(C)n(CC(=O)N2CCCCC2CCOc2cccc(CN3CCN(c4cccc(Cl)c4)CC3)c2)n1. The lowest BCUT2D eigenvalue weighted by Crippen LogP contribution is -2.46. The quantitative estimate of drug-likeness (QED) is 0.361. The first-order chi connectivity index (χ1) is 18.9. The van der Waals surface area contributed by atoms with E-state index in [9.17, 15) is 4.79 Å². The molecule has 8 heteroatoms. The number of likely N-dealkylation sites (tertiary alicyclic amines) is 1. The highest BCUT2D eigenvalue weighted by Crippen LogP contribution is 2.24. The molecule has 1 amide bonds. The van der Waals surface area contributed by atoms with E-state index in [0.717, 1.165) is 87.1 Å². The zero-order chi connectivity index (χ0) is 27.2. The van der Waals surface area contributed by atoms with Gasteiger partial charge in [-0.25, -0.2) is 0 Å². The van der Waals surface area contributed by atoms with Gasteiger partial charge < -0.3 is 14.5 Å². The summed E-state index contributed by atoms with van der Waals surface area (Å²) in [6.07, 6.45) is 4.11. The van der Waals surface area contributed by atoms with Gasteiger partial charge in [-0.3, -0.25) is 14.4 Å². The van der Waals surface area contributed by atoms with Crippen molar-refractivity contribution in [2.24, 2.45) is 0 Å². The summed E-state index contributed by atoms with van der Waals surface area (Å²) in [6, 6.07) is 18.8. The predicted octanol–water partition coefficient (Wildman–Crippen LogP) is 5.33. The maximum atomic E-state index is 13.1. The zero-order valence-corrected chi connectivity index (χ0v) is 23.9. The molecule has 0 saturated carbocycles. The Kier molecular flexibility index (Phi) is 9.09. The third kappa shape index (κ3) is 7.34. The average molecular weight is 550 g/mol. The lowest BCUT2D eigenvalue weighted by Gasteiger charge is -2.36. The fourth-order valence-corrected chi connectivity index (χ4v) is 6.01. The summed E-state index contributed by atoms with van der Waals surface area (Å²) in [4.78, 5) is 20.1. The summed E-state index contributed by atoms with van der Waals surface area (Å²) in [5.74, 6) is 1.06. The van der Waals surface area contributed by atoms with E-state index in [-0.39, 0.29) is 11.9 Å². The Morgan fingerprint density at radius 2 is 1.82 bits per heavy atom. The number of aromatic nitrogens is 2. The van der Waals surface area contributed by atoms with E-state index in [0.29, 0.717) is 13.2 Å². The Morgan fingerprint density at radius 3 is 2.59 bits per heavy atom. The predicted molar refractivity (Wildman–Crippen MR) is 157 cm³/mol. The molecule has 2 aromatic carbocycles. The Morgan fingerprint density at radius 1 is 1.00 bits per heavy atom. The van der Waals surface area contributed by atoms with Crippen molar-refractivity contribution in [3.63, 3.8) is 0 Å². The van der Waals surface area contributed by atoms with E-state index in [1.807, 2.05) is 48.9 Å². The molecule has 1 unspecified atom stereocenters. The van der Waals surface area contributed by atoms with E-state index in [4.69, 9.17) is 16.3 Å². The first-order valence-corrected chi connectivity index (χ1v) is 14.6. The molecular weight excluding hydrogens is 510 g/mol. The smallest absolute Gasteiger partial charge is 0.244 e. The molecule has 5 rings (SSSR count). The third-order valence-electron chi connectivity index (χ3n) is 7.91. The van der Waals surface area contributed by atoms with E-state index < -0.39 is 0 Å². The second kappa shape index (κ2) is 12.9. The first-order valence-electron chi connectivity index (χ1n) is 14.2. The highest BCUT2D eigenvalue weighted by Gasteiger charge is 2.27. The summed E-state index contributed by atoms with van der Waals surface area (Å²) in [5.41, 5.74) is 4.44. The molecule has 3 heterocycles. The van der Waals surface area contributed by atoms with Crippen LogP contribution >= 0.6 is 11.6 Å². The fraction of sp³-hybridized carbons (Fsp3) is 0.484. The maximum Gasteiger partial charge on any atom is 0.244 e. The topological polar surface area (TPSA) is 53.8 Å². The summed E-state index contributed by atoms with van der Waals surface area (Å²) >= 11 is 6.18. The van der Waals surface area contributed by atoms with Crippen LogP contribution in [0.25, 0.3) is 0 Å². The molecule has 7 nitrogen and oxygen atoms in total. The van der Waals surface area contributed by atoms with Gasteiger partial charge >= 0.3 is 0 Å². The van der Waals surface area contributed by atoms with Crippen molar-refractivity contribution < 1.29 is 9.53 Å². The Bertz CT molecular complexity index is 1250. The van der Waals surface area contributed by atoms with E-state index in [1.54, 1.807) is 0 Å². The zero-order valence-electron chi connectivity index (χ0n) is 23.2. The minimum absolute atomic E-state index is 0.156. The van der Waals surface area contributed by atoms with E-state index in [1.165, 1.54) is 11.3 Å². The molecule has 0 spiro atoms. The normalized spacial score (nSPS) is 18.4. The minimum Gasteiger partial charge on any atom is -0.494 e. The molecule has 0 radical (unpaired) electrons. The number of aryl methyl sites for hydroxylation is 2. The monoisotopic (exact) mass is 549 g/mol. The van der Waals surface area contributed by atoms with Crippen LogP contribution in [-0.2, 0) is 17.9 Å². The van der Waals surface area contributed by atoms with Crippen molar-refractivity contribution in [2.75, 3.05) is 44.2 Å². The van der Waals surface area contributed by atoms with Crippen LogP contribution in [0.2, 0.25) is 5.02 Å². The summed E-state index contributed by atoms with van der Waals surface area (Å²) in [5, 5.41) is 5.26. The second-order valence-electron chi connectivity index (χ2n) is 10.8. The molecule has 2 aliphatic heterocycles. The van der Waals surface area contributed by atoms with Crippen LogP contribution in [0.1, 0.15) is 42.6 Å². The molecule has 2 fully saturated rings. The molecule has 208 valence electrons. The van der Waals surface area contributed by atoms with Crippen LogP contribution in [0.5, 0.6) is 5.75 Å². The third-order valence-corrected chi connectivity index (χ3v) is 8.14. The summed E-state index contributed by atoms with van der Waals surface area (Å²) < 4.78 is 8.02. The molecule has 0 N–H and O–H groups in total. The lowest BCUT2D eigenvalue weighted by molar-refractivity contribution is -0.136. The number of halogens is 1. The molecular formula is C31H40ClN5O2. The van der Waals surface area contributed by atoms with E-state index in [2.05, 4.69) is 44.1 Å². The number of hydrogen-bond donors (Lipinski definition) is 0. The molecule has 1 aromatic heterocycles. The Hall–Kier alpha value is -3.03. The van der Waals surface area contributed by atoms with Gasteiger partial charge in [-0.1, -0.05) is 29.8 Å². The van der Waals surface area contributed by atoms with Crippen LogP contribution in [-0.4, -0.2) is 70.9 Å². The van der Waals surface area contributed by atoms with Crippen LogP contribution in [0, 0.1) is 13.8 Å². The number of benzene rings is 2. The van der Waals surface area contributed by atoms with Gasteiger partial charge in [-0.15, -0.1) is 0 Å². The lowest BCUT2D eigenvalue weighted by atomic mass is 9.99. The molecule has 2 saturated heterocycles. The number of hydrogen-bond acceptors (Lipinski definition) is 5. The number of nitrogens with zero attached hydrogens (tertiary/aromatic N) is 5. The van der Waals surface area contributed by atoms with Crippen LogP contribution in [0.4, 0.5) is 5.69 Å². The van der Waals surface area contributed by atoms with Crippen molar-refractivity contribution in [2.45, 2.75) is 58.7 Å². The molecule has 0 aliphatic carbocycles. The summed E-state index contributed by atoms with van der Waals surface area (Å²) in [7, 11) is 0. The largest absolute Gasteiger partial charge is 0.494 e. The van der Waals surface area contributed by atoms with Gasteiger partial charge in [0.2, 0.25) is 5.91 Å². The highest BCUT2D eigenvalue weighted by atomic mass is 35.5. The van der Waals surface area contributed by atoms with Crippen LogP contribution in [0.15, 0.2) is 54.6 Å². The maximum absolute atomic E-state index is 13.1. The first kappa shape index (κ1) is 27.5. The van der Waals surface area contributed by atoms with Gasteiger partial charge in [-0.05, 0) is 75.1 Å². The highest BCUT2D eigenvalue weighted by molar-refractivity contribution is 6.30. The van der Waals surface area contributed by atoms with Crippen molar-refractivity contribution >= 4 is 23.2 Å². The number of piperidine rings is 1. The van der Waals surface area contributed by atoms with Crippen molar-refractivity contribution in [3.05, 3.63) is 76.6 Å². The van der Waals surface area contributed by atoms with Gasteiger partial charge in [-0.2, -0.15) is 5.10 Å². The number of carbonyl (C=O) groups excluding carboxylic acids is 1. The molecule has 1 atom stereocenters. The number of anilines is 1.